The van der Waals surface area contributed by atoms with E-state index < -0.39 is 24.5 Å². The summed E-state index contributed by atoms with van der Waals surface area (Å²) in [6, 6.07) is -0.733. The second-order valence-electron chi connectivity index (χ2n) is 3.89. The van der Waals surface area contributed by atoms with Crippen LogP contribution in [0.15, 0.2) is 0 Å². The van der Waals surface area contributed by atoms with Gasteiger partial charge in [0.2, 0.25) is 5.91 Å². The van der Waals surface area contributed by atoms with E-state index >= 15 is 0 Å². The van der Waals surface area contributed by atoms with E-state index in [0.717, 1.165) is 4.90 Å². The molecule has 0 aromatic rings. The number of nitrogens with two attached hydrogens (primary N) is 1. The van der Waals surface area contributed by atoms with Gasteiger partial charge in [0.05, 0.1) is 12.5 Å². The number of nitrogens with zero attached hydrogens (tertiary/aromatic N) is 1. The molecule has 0 aliphatic rings. The average molecular weight is 226 g/mol. The first-order valence-corrected chi connectivity index (χ1v) is 4.72. The van der Waals surface area contributed by atoms with Crippen molar-refractivity contribution in [3.63, 3.8) is 0 Å². The molecule has 0 rings (SSSR count). The number of alkyl halides is 3. The molecule has 0 aromatic heterocycles. The Morgan fingerprint density at radius 3 is 2.20 bits per heavy atom. The van der Waals surface area contributed by atoms with Crippen molar-refractivity contribution in [3.05, 3.63) is 0 Å². The molecule has 0 saturated heterocycles. The molecular formula is C9H17F3N2O. The van der Waals surface area contributed by atoms with Crippen molar-refractivity contribution < 1.29 is 18.0 Å². The van der Waals surface area contributed by atoms with Crippen LogP contribution in [-0.2, 0) is 4.79 Å². The van der Waals surface area contributed by atoms with E-state index in [1.54, 1.807) is 13.8 Å². The van der Waals surface area contributed by atoms with Crippen LogP contribution < -0.4 is 5.73 Å². The van der Waals surface area contributed by atoms with Crippen LogP contribution in [0.25, 0.3) is 0 Å². The Hall–Kier alpha value is -0.780. The van der Waals surface area contributed by atoms with Crippen molar-refractivity contribution in [2.45, 2.75) is 32.5 Å². The SMILES string of the molecule is CC(C)[C@@H](N)C(=O)N(C)CCC(F)(F)F. The highest BCUT2D eigenvalue weighted by Gasteiger charge is 2.29. The Kier molecular flexibility index (Phi) is 5.07. The maximum Gasteiger partial charge on any atom is 0.390 e. The predicted molar refractivity (Wildman–Crippen MR) is 51.1 cm³/mol. The largest absolute Gasteiger partial charge is 0.390 e. The fourth-order valence-electron chi connectivity index (χ4n) is 0.944. The second-order valence-corrected chi connectivity index (χ2v) is 3.89. The van der Waals surface area contributed by atoms with Crippen LogP contribution >= 0.6 is 0 Å². The number of carbonyl (C=O) groups excluding carboxylic acids is 1. The van der Waals surface area contributed by atoms with E-state index in [-0.39, 0.29) is 12.5 Å². The van der Waals surface area contributed by atoms with Crippen molar-refractivity contribution in [1.29, 1.82) is 0 Å². The molecule has 0 fully saturated rings. The zero-order valence-electron chi connectivity index (χ0n) is 9.14. The minimum Gasteiger partial charge on any atom is -0.344 e. The van der Waals surface area contributed by atoms with Gasteiger partial charge in [0.15, 0.2) is 0 Å². The van der Waals surface area contributed by atoms with E-state index in [4.69, 9.17) is 5.73 Å². The number of halogens is 3. The first-order valence-electron chi connectivity index (χ1n) is 4.72. The first kappa shape index (κ1) is 14.2. The molecule has 0 spiro atoms. The molecule has 0 heterocycles. The molecule has 6 heteroatoms. The fourth-order valence-corrected chi connectivity index (χ4v) is 0.944. The predicted octanol–water partition coefficient (Wildman–Crippen LogP) is 1.38. The van der Waals surface area contributed by atoms with Gasteiger partial charge < -0.3 is 10.6 Å². The summed E-state index contributed by atoms with van der Waals surface area (Å²) < 4.78 is 35.6. The molecule has 15 heavy (non-hydrogen) atoms. The van der Waals surface area contributed by atoms with Gasteiger partial charge >= 0.3 is 6.18 Å². The summed E-state index contributed by atoms with van der Waals surface area (Å²) in [5.41, 5.74) is 5.53. The molecule has 0 bridgehead atoms. The van der Waals surface area contributed by atoms with Crippen LogP contribution in [-0.4, -0.2) is 36.6 Å². The van der Waals surface area contributed by atoms with E-state index in [9.17, 15) is 18.0 Å². The first-order chi connectivity index (χ1) is 6.65. The summed E-state index contributed by atoms with van der Waals surface area (Å²) >= 11 is 0. The molecule has 1 amide bonds. The third-order valence-corrected chi connectivity index (χ3v) is 2.11. The van der Waals surface area contributed by atoms with E-state index in [2.05, 4.69) is 0 Å². The number of hydrogen-bond acceptors (Lipinski definition) is 2. The molecule has 0 aliphatic heterocycles. The van der Waals surface area contributed by atoms with Gasteiger partial charge in [0, 0.05) is 13.6 Å². The lowest BCUT2D eigenvalue weighted by Crippen LogP contribution is -2.45. The van der Waals surface area contributed by atoms with Crippen LogP contribution in [0.4, 0.5) is 13.2 Å². The molecule has 0 radical (unpaired) electrons. The summed E-state index contributed by atoms with van der Waals surface area (Å²) in [6.45, 7) is 3.16. The van der Waals surface area contributed by atoms with E-state index in [1.807, 2.05) is 0 Å². The number of likely N-dealkylation sites (N-methyl/N-ethyl adjacent to an activating group) is 1. The lowest BCUT2D eigenvalue weighted by atomic mass is 10.0. The summed E-state index contributed by atoms with van der Waals surface area (Å²) in [7, 11) is 1.33. The molecule has 0 saturated carbocycles. The maximum absolute atomic E-state index is 11.9. The van der Waals surface area contributed by atoms with Gasteiger partial charge in [-0.05, 0) is 5.92 Å². The highest BCUT2D eigenvalue weighted by atomic mass is 19.4. The molecule has 1 atom stereocenters. The fraction of sp³-hybridized carbons (Fsp3) is 0.889. The summed E-state index contributed by atoms with van der Waals surface area (Å²) in [5, 5.41) is 0. The molecule has 3 nitrogen and oxygen atoms in total. The van der Waals surface area contributed by atoms with Crippen LogP contribution in [0.2, 0.25) is 0 Å². The smallest absolute Gasteiger partial charge is 0.344 e. The number of carbonyl (C=O) groups is 1. The van der Waals surface area contributed by atoms with E-state index in [1.165, 1.54) is 7.05 Å². The van der Waals surface area contributed by atoms with Gasteiger partial charge in [0.1, 0.15) is 0 Å². The van der Waals surface area contributed by atoms with Crippen LogP contribution in [0.1, 0.15) is 20.3 Å². The van der Waals surface area contributed by atoms with Crippen LogP contribution in [0, 0.1) is 5.92 Å². The maximum atomic E-state index is 11.9. The molecule has 90 valence electrons. The van der Waals surface area contributed by atoms with Gasteiger partial charge in [-0.3, -0.25) is 4.79 Å². The Morgan fingerprint density at radius 2 is 1.87 bits per heavy atom. The van der Waals surface area contributed by atoms with Crippen LogP contribution in [0.3, 0.4) is 0 Å². The molecular weight excluding hydrogens is 209 g/mol. The average Bonchev–Trinajstić information content (AvgIpc) is 2.10. The number of hydrogen-bond donors (Lipinski definition) is 1. The zero-order chi connectivity index (χ0) is 12.2. The highest BCUT2D eigenvalue weighted by molar-refractivity contribution is 5.81. The number of rotatable bonds is 4. The molecule has 0 aliphatic carbocycles. The summed E-state index contributed by atoms with van der Waals surface area (Å²) in [6.07, 6.45) is -5.24. The van der Waals surface area contributed by atoms with Gasteiger partial charge in [0.25, 0.3) is 0 Å². The molecule has 2 N–H and O–H groups in total. The molecule has 0 aromatic carbocycles. The van der Waals surface area contributed by atoms with Gasteiger partial charge in [-0.25, -0.2) is 0 Å². The quantitative estimate of drug-likeness (QED) is 0.787. The topological polar surface area (TPSA) is 46.3 Å². The Labute approximate surface area is 87.4 Å². The lowest BCUT2D eigenvalue weighted by molar-refractivity contribution is -0.145. The lowest BCUT2D eigenvalue weighted by Gasteiger charge is -2.23. The Balaban J connectivity index is 4.11. The van der Waals surface area contributed by atoms with Gasteiger partial charge in [-0.2, -0.15) is 13.2 Å². The minimum atomic E-state index is -4.24. The minimum absolute atomic E-state index is 0.0779. The number of amides is 1. The van der Waals surface area contributed by atoms with Crippen molar-refractivity contribution in [1.82, 2.24) is 4.90 Å². The standard InChI is InChI=1S/C9H17F3N2O/c1-6(2)7(13)8(15)14(3)5-4-9(10,11)12/h6-7H,4-5,13H2,1-3H3/t7-/m1/s1. The Bertz CT molecular complexity index is 216. The summed E-state index contributed by atoms with van der Waals surface area (Å²) in [5.74, 6) is -0.528. The Morgan fingerprint density at radius 1 is 1.40 bits per heavy atom. The molecule has 0 unspecified atom stereocenters. The van der Waals surface area contributed by atoms with Crippen molar-refractivity contribution in [2.75, 3.05) is 13.6 Å². The van der Waals surface area contributed by atoms with Crippen molar-refractivity contribution in [2.24, 2.45) is 11.7 Å². The van der Waals surface area contributed by atoms with E-state index in [0.29, 0.717) is 0 Å². The second kappa shape index (κ2) is 5.34. The van der Waals surface area contributed by atoms with Crippen LogP contribution in [0.5, 0.6) is 0 Å². The van der Waals surface area contributed by atoms with Gasteiger partial charge in [-0.15, -0.1) is 0 Å². The van der Waals surface area contributed by atoms with Crippen molar-refractivity contribution >= 4 is 5.91 Å². The highest BCUT2D eigenvalue weighted by Crippen LogP contribution is 2.19. The summed E-state index contributed by atoms with van der Waals surface area (Å²) in [4.78, 5) is 12.5. The third kappa shape index (κ3) is 5.61. The van der Waals surface area contributed by atoms with Crippen molar-refractivity contribution in [3.8, 4) is 0 Å². The monoisotopic (exact) mass is 226 g/mol. The third-order valence-electron chi connectivity index (χ3n) is 2.11. The zero-order valence-corrected chi connectivity index (χ0v) is 9.14. The van der Waals surface area contributed by atoms with Gasteiger partial charge in [-0.1, -0.05) is 13.8 Å². The normalized spacial score (nSPS) is 14.1.